The van der Waals surface area contributed by atoms with E-state index in [-0.39, 0.29) is 5.75 Å². The van der Waals surface area contributed by atoms with Gasteiger partial charge in [0.05, 0.1) is 10.6 Å². The molecular formula is C26H29NO2S. The Balaban J connectivity index is 1.41. The smallest absolute Gasteiger partial charge is 0.182 e. The van der Waals surface area contributed by atoms with Crippen LogP contribution in [0.3, 0.4) is 0 Å². The number of hydrogen-bond acceptors (Lipinski definition) is 3. The minimum Gasteiger partial charge on any atom is -0.300 e. The van der Waals surface area contributed by atoms with Gasteiger partial charge in [-0.15, -0.1) is 0 Å². The molecule has 156 valence electrons. The van der Waals surface area contributed by atoms with E-state index in [2.05, 4.69) is 36.1 Å². The quantitative estimate of drug-likeness (QED) is 0.518. The van der Waals surface area contributed by atoms with E-state index in [0.717, 1.165) is 29.7 Å². The normalized spacial score (nSPS) is 17.3. The first-order valence-corrected chi connectivity index (χ1v) is 12.4. The van der Waals surface area contributed by atoms with E-state index >= 15 is 0 Å². The highest BCUT2D eigenvalue weighted by Crippen LogP contribution is 2.24. The van der Waals surface area contributed by atoms with Gasteiger partial charge in [-0.25, -0.2) is 8.42 Å². The van der Waals surface area contributed by atoms with Gasteiger partial charge in [0.25, 0.3) is 0 Å². The molecule has 1 saturated heterocycles. The molecule has 0 spiro atoms. The molecule has 1 atom stereocenters. The molecule has 0 N–H and O–H groups in total. The summed E-state index contributed by atoms with van der Waals surface area (Å²) < 4.78 is 25.4. The average molecular weight is 420 g/mol. The maximum atomic E-state index is 12.7. The van der Waals surface area contributed by atoms with Gasteiger partial charge < -0.3 is 4.90 Å². The first kappa shape index (κ1) is 20.8. The summed E-state index contributed by atoms with van der Waals surface area (Å²) in [5.74, 6) is 0.0253. The van der Waals surface area contributed by atoms with Crippen molar-refractivity contribution in [2.45, 2.75) is 42.9 Å². The van der Waals surface area contributed by atoms with E-state index in [4.69, 9.17) is 0 Å². The Hall–Kier alpha value is -2.43. The van der Waals surface area contributed by atoms with Crippen LogP contribution in [0.2, 0.25) is 0 Å². The van der Waals surface area contributed by atoms with Gasteiger partial charge in [-0.05, 0) is 67.1 Å². The van der Waals surface area contributed by atoms with Crippen LogP contribution in [0, 0.1) is 0 Å². The highest BCUT2D eigenvalue weighted by atomic mass is 32.2. The zero-order valence-electron chi connectivity index (χ0n) is 17.5. The van der Waals surface area contributed by atoms with Crippen molar-refractivity contribution in [3.8, 4) is 11.1 Å². The van der Waals surface area contributed by atoms with Gasteiger partial charge in [-0.1, -0.05) is 66.7 Å². The fourth-order valence-electron chi connectivity index (χ4n) is 4.19. The third kappa shape index (κ3) is 5.00. The summed E-state index contributed by atoms with van der Waals surface area (Å²) in [5.41, 5.74) is 4.30. The Morgan fingerprint density at radius 2 is 1.47 bits per heavy atom. The summed E-state index contributed by atoms with van der Waals surface area (Å²) in [6, 6.07) is 25.9. The molecule has 0 bridgehead atoms. The monoisotopic (exact) mass is 419 g/mol. The summed E-state index contributed by atoms with van der Waals surface area (Å²) in [5, 5.41) is 0. The molecule has 1 fully saturated rings. The molecule has 0 amide bonds. The molecule has 3 aromatic rings. The van der Waals surface area contributed by atoms with Crippen LogP contribution in [0.15, 0.2) is 83.8 Å². The van der Waals surface area contributed by atoms with E-state index in [1.54, 1.807) is 12.1 Å². The average Bonchev–Trinajstić information content (AvgIpc) is 3.18. The molecule has 1 heterocycles. The Morgan fingerprint density at radius 3 is 2.07 bits per heavy atom. The van der Waals surface area contributed by atoms with Crippen LogP contribution in [0.1, 0.15) is 30.9 Å². The fourth-order valence-corrected chi connectivity index (χ4v) is 5.54. The summed E-state index contributed by atoms with van der Waals surface area (Å²) >= 11 is 0. The van der Waals surface area contributed by atoms with Gasteiger partial charge in [0.15, 0.2) is 9.84 Å². The summed E-state index contributed by atoms with van der Waals surface area (Å²) in [7, 11) is -3.34. The third-order valence-electron chi connectivity index (χ3n) is 6.08. The van der Waals surface area contributed by atoms with E-state index in [1.165, 1.54) is 24.9 Å². The predicted molar refractivity (Wildman–Crippen MR) is 123 cm³/mol. The number of likely N-dealkylation sites (tertiary alicyclic amines) is 1. The first-order chi connectivity index (χ1) is 14.5. The molecule has 1 aliphatic heterocycles. The molecule has 0 aliphatic carbocycles. The van der Waals surface area contributed by atoms with Crippen LogP contribution in [-0.4, -0.2) is 32.4 Å². The first-order valence-electron chi connectivity index (χ1n) is 10.7. The lowest BCUT2D eigenvalue weighted by molar-refractivity contribution is 0.272. The largest absolute Gasteiger partial charge is 0.300 e. The Kier molecular flexibility index (Phi) is 6.35. The van der Waals surface area contributed by atoms with Crippen LogP contribution >= 0.6 is 0 Å². The standard InChI is InChI=1S/C26H29NO2S/c1-21-6-5-18-27(21)19-17-22-9-11-24(12-10-22)25-13-15-26(16-14-25)30(28,29)20-23-7-3-2-4-8-23/h2-4,7-16,21H,5-6,17-20H2,1H3/t21-/m1/s1. The van der Waals surface area contributed by atoms with Crippen LogP contribution in [0.25, 0.3) is 11.1 Å². The van der Waals surface area contributed by atoms with E-state index in [9.17, 15) is 8.42 Å². The van der Waals surface area contributed by atoms with Crippen molar-refractivity contribution < 1.29 is 8.42 Å². The molecule has 0 saturated carbocycles. The minimum atomic E-state index is -3.34. The molecule has 4 heteroatoms. The number of nitrogens with zero attached hydrogens (tertiary/aromatic N) is 1. The summed E-state index contributed by atoms with van der Waals surface area (Å²) in [4.78, 5) is 2.94. The van der Waals surface area contributed by atoms with Crippen molar-refractivity contribution in [1.29, 1.82) is 0 Å². The second kappa shape index (κ2) is 9.15. The number of benzene rings is 3. The minimum absolute atomic E-state index is 0.0253. The summed E-state index contributed by atoms with van der Waals surface area (Å²) in [6.07, 6.45) is 3.70. The van der Waals surface area contributed by atoms with Crippen LogP contribution in [0.4, 0.5) is 0 Å². The topological polar surface area (TPSA) is 37.4 Å². The van der Waals surface area contributed by atoms with Gasteiger partial charge >= 0.3 is 0 Å². The van der Waals surface area contributed by atoms with E-state index in [0.29, 0.717) is 10.9 Å². The molecule has 0 aromatic heterocycles. The lowest BCUT2D eigenvalue weighted by Crippen LogP contribution is -2.28. The van der Waals surface area contributed by atoms with Crippen molar-refractivity contribution in [2.75, 3.05) is 13.1 Å². The summed E-state index contributed by atoms with van der Waals surface area (Å²) in [6.45, 7) is 4.66. The van der Waals surface area contributed by atoms with Gasteiger partial charge in [-0.2, -0.15) is 0 Å². The molecule has 3 aromatic carbocycles. The second-order valence-electron chi connectivity index (χ2n) is 8.24. The van der Waals surface area contributed by atoms with Crippen molar-refractivity contribution in [1.82, 2.24) is 4.90 Å². The molecular weight excluding hydrogens is 390 g/mol. The van der Waals surface area contributed by atoms with Gasteiger partial charge in [0.2, 0.25) is 0 Å². The highest BCUT2D eigenvalue weighted by Gasteiger charge is 2.19. The maximum absolute atomic E-state index is 12.7. The van der Waals surface area contributed by atoms with Crippen molar-refractivity contribution in [3.05, 3.63) is 90.0 Å². The molecule has 0 radical (unpaired) electrons. The second-order valence-corrected chi connectivity index (χ2v) is 10.2. The zero-order valence-corrected chi connectivity index (χ0v) is 18.3. The Bertz CT molecular complexity index is 1060. The third-order valence-corrected chi connectivity index (χ3v) is 7.78. The van der Waals surface area contributed by atoms with Crippen molar-refractivity contribution >= 4 is 9.84 Å². The Morgan fingerprint density at radius 1 is 0.833 bits per heavy atom. The van der Waals surface area contributed by atoms with Gasteiger partial charge in [-0.3, -0.25) is 0 Å². The lowest BCUT2D eigenvalue weighted by Gasteiger charge is -2.20. The number of sulfone groups is 1. The van der Waals surface area contributed by atoms with Crippen LogP contribution in [0.5, 0.6) is 0 Å². The van der Waals surface area contributed by atoms with Crippen molar-refractivity contribution in [3.63, 3.8) is 0 Å². The molecule has 30 heavy (non-hydrogen) atoms. The lowest BCUT2D eigenvalue weighted by atomic mass is 10.0. The van der Waals surface area contributed by atoms with Gasteiger partial charge in [0.1, 0.15) is 0 Å². The Labute approximate surface area is 180 Å². The number of rotatable bonds is 7. The SMILES string of the molecule is C[C@@H]1CCCN1CCc1ccc(-c2ccc(S(=O)(=O)Cc3ccccc3)cc2)cc1. The maximum Gasteiger partial charge on any atom is 0.182 e. The number of hydrogen-bond donors (Lipinski definition) is 0. The molecule has 1 aliphatic rings. The van der Waals surface area contributed by atoms with Crippen LogP contribution < -0.4 is 0 Å². The van der Waals surface area contributed by atoms with E-state index < -0.39 is 9.84 Å². The van der Waals surface area contributed by atoms with Crippen molar-refractivity contribution in [2.24, 2.45) is 0 Å². The molecule has 3 nitrogen and oxygen atoms in total. The molecule has 0 unspecified atom stereocenters. The van der Waals surface area contributed by atoms with E-state index in [1.807, 2.05) is 42.5 Å². The fraction of sp³-hybridized carbons (Fsp3) is 0.308. The highest BCUT2D eigenvalue weighted by molar-refractivity contribution is 7.90. The molecule has 4 rings (SSSR count). The van der Waals surface area contributed by atoms with Gasteiger partial charge in [0, 0.05) is 12.6 Å². The zero-order chi connectivity index (χ0) is 21.0. The van der Waals surface area contributed by atoms with Crippen LogP contribution in [-0.2, 0) is 22.0 Å². The predicted octanol–water partition coefficient (Wildman–Crippen LogP) is 5.35.